The highest BCUT2D eigenvalue weighted by Crippen LogP contribution is 2.23. The number of hydrogen-bond donors (Lipinski definition) is 2. The Kier molecular flexibility index (Phi) is 5.14. The Balaban J connectivity index is 2.13. The molecular formula is C14H12N4O3S2. The van der Waals surface area contributed by atoms with Gasteiger partial charge in [-0.15, -0.1) is 0 Å². The maximum absolute atomic E-state index is 12.2. The zero-order valence-corrected chi connectivity index (χ0v) is 13.6. The summed E-state index contributed by atoms with van der Waals surface area (Å²) in [6.07, 6.45) is 2.98. The van der Waals surface area contributed by atoms with Crippen molar-refractivity contribution in [3.63, 3.8) is 0 Å². The zero-order chi connectivity index (χ0) is 17.0. The van der Waals surface area contributed by atoms with Gasteiger partial charge < -0.3 is 11.1 Å². The lowest BCUT2D eigenvalue weighted by Crippen LogP contribution is -2.18. The molecule has 0 saturated heterocycles. The molecule has 0 atom stereocenters. The third-order valence-electron chi connectivity index (χ3n) is 2.78. The Morgan fingerprint density at radius 3 is 2.65 bits per heavy atom. The first-order chi connectivity index (χ1) is 10.9. The molecule has 0 fully saturated rings. The van der Waals surface area contributed by atoms with Crippen LogP contribution in [0.2, 0.25) is 0 Å². The van der Waals surface area contributed by atoms with Gasteiger partial charge in [0, 0.05) is 12.1 Å². The number of carbonyl (C=O) groups excluding carboxylic acids is 1. The largest absolute Gasteiger partial charge is 0.376 e. The summed E-state index contributed by atoms with van der Waals surface area (Å²) < 4.78 is 0. The van der Waals surface area contributed by atoms with E-state index >= 15 is 0 Å². The Labute approximate surface area is 141 Å². The van der Waals surface area contributed by atoms with Crippen LogP contribution in [0.1, 0.15) is 20.9 Å². The second kappa shape index (κ2) is 7.07. The first-order valence-corrected chi connectivity index (χ1v) is 7.60. The number of aryl methyl sites for hydroxylation is 1. The van der Waals surface area contributed by atoms with Gasteiger partial charge in [-0.05, 0) is 42.9 Å². The molecule has 0 aliphatic heterocycles. The number of nitrogens with zero attached hydrogens (tertiary/aromatic N) is 2. The van der Waals surface area contributed by atoms with Crippen molar-refractivity contribution < 1.29 is 9.72 Å². The minimum atomic E-state index is -0.476. The first kappa shape index (κ1) is 16.7. The lowest BCUT2D eigenvalue weighted by atomic mass is 10.1. The molecule has 1 aromatic heterocycles. The average molecular weight is 348 g/mol. The number of nitro groups is 1. The van der Waals surface area contributed by atoms with Crippen molar-refractivity contribution in [3.05, 3.63) is 56.6 Å². The highest BCUT2D eigenvalue weighted by atomic mass is 32.1. The molecule has 118 valence electrons. The van der Waals surface area contributed by atoms with Crippen LogP contribution in [-0.4, -0.2) is 20.8 Å². The normalized spacial score (nSPS) is 10.7. The number of thiazole rings is 1. The minimum absolute atomic E-state index is 0.000229. The van der Waals surface area contributed by atoms with Gasteiger partial charge in [0.05, 0.1) is 15.5 Å². The van der Waals surface area contributed by atoms with E-state index in [4.69, 9.17) is 18.0 Å². The van der Waals surface area contributed by atoms with Crippen LogP contribution in [0, 0.1) is 17.0 Å². The van der Waals surface area contributed by atoms with Crippen molar-refractivity contribution in [1.82, 2.24) is 4.98 Å². The quantitative estimate of drug-likeness (QED) is 0.281. The van der Waals surface area contributed by atoms with Crippen LogP contribution in [0.3, 0.4) is 0 Å². The monoisotopic (exact) mass is 348 g/mol. The Hall–Kier alpha value is -2.65. The fourth-order valence-electron chi connectivity index (χ4n) is 1.74. The number of ketones is 1. The van der Waals surface area contributed by atoms with E-state index in [1.807, 2.05) is 0 Å². The molecule has 2 aromatic rings. The molecule has 2 rings (SSSR count). The number of carbonyl (C=O) groups is 1. The third-order valence-corrected chi connectivity index (χ3v) is 3.97. The molecule has 1 heterocycles. The predicted octanol–water partition coefficient (Wildman–Crippen LogP) is 2.91. The number of nitrogens with two attached hydrogens (primary N) is 1. The van der Waals surface area contributed by atoms with Crippen LogP contribution in [0.4, 0.5) is 10.8 Å². The van der Waals surface area contributed by atoms with Crippen LogP contribution in [0.5, 0.6) is 0 Å². The van der Waals surface area contributed by atoms with E-state index in [9.17, 15) is 14.9 Å². The summed E-state index contributed by atoms with van der Waals surface area (Å²) >= 11 is 5.88. The average Bonchev–Trinajstić information content (AvgIpc) is 2.85. The molecule has 0 spiro atoms. The van der Waals surface area contributed by atoms with Crippen molar-refractivity contribution in [2.75, 3.05) is 5.32 Å². The molecule has 0 unspecified atom stereocenters. The molecule has 3 N–H and O–H groups in total. The zero-order valence-electron chi connectivity index (χ0n) is 12.0. The van der Waals surface area contributed by atoms with Gasteiger partial charge in [0.25, 0.3) is 5.69 Å². The predicted molar refractivity (Wildman–Crippen MR) is 93.7 cm³/mol. The highest BCUT2D eigenvalue weighted by molar-refractivity contribution is 7.80. The van der Waals surface area contributed by atoms with Gasteiger partial charge in [0.2, 0.25) is 0 Å². The van der Waals surface area contributed by atoms with Gasteiger partial charge in [-0.2, -0.15) is 0 Å². The van der Waals surface area contributed by atoms with Crippen molar-refractivity contribution >= 4 is 51.3 Å². The second-order valence-corrected chi connectivity index (χ2v) is 5.91. The van der Waals surface area contributed by atoms with E-state index in [1.54, 1.807) is 25.1 Å². The number of non-ortho nitro benzene ring substituents is 1. The number of hydrogen-bond acceptors (Lipinski definition) is 6. The number of allylic oxidation sites excluding steroid dienone is 1. The molecule has 1 aromatic carbocycles. The van der Waals surface area contributed by atoms with Crippen molar-refractivity contribution in [2.24, 2.45) is 5.73 Å². The number of nitro benzene ring substituents is 1. The van der Waals surface area contributed by atoms with E-state index < -0.39 is 4.92 Å². The van der Waals surface area contributed by atoms with E-state index in [1.165, 1.54) is 18.2 Å². The summed E-state index contributed by atoms with van der Waals surface area (Å²) in [5.41, 5.74) is 6.63. The molecule has 7 nitrogen and oxygen atoms in total. The number of anilines is 1. The number of benzene rings is 1. The van der Waals surface area contributed by atoms with Crippen molar-refractivity contribution in [3.8, 4) is 0 Å². The van der Waals surface area contributed by atoms with E-state index in [-0.39, 0.29) is 16.6 Å². The summed E-state index contributed by atoms with van der Waals surface area (Å²) in [6.45, 7) is 1.72. The molecule has 9 heteroatoms. The SMILES string of the molecule is Cc1nc(NC(N)=S)sc1C(=O)/C=C/c1ccc([N+](=O)[O-])cc1. The summed E-state index contributed by atoms with van der Waals surface area (Å²) in [7, 11) is 0. The van der Waals surface area contributed by atoms with Gasteiger partial charge in [-0.3, -0.25) is 14.9 Å². The number of nitrogens with one attached hydrogen (secondary N) is 1. The summed E-state index contributed by atoms with van der Waals surface area (Å²) in [6, 6.07) is 5.90. The molecule has 0 aliphatic carbocycles. The third kappa shape index (κ3) is 4.41. The summed E-state index contributed by atoms with van der Waals surface area (Å²) in [5, 5.41) is 13.8. The van der Waals surface area contributed by atoms with Gasteiger partial charge in [-0.25, -0.2) is 4.98 Å². The molecule has 0 radical (unpaired) electrons. The summed E-state index contributed by atoms with van der Waals surface area (Å²) in [5.74, 6) is -0.214. The Morgan fingerprint density at radius 2 is 2.09 bits per heavy atom. The number of rotatable bonds is 5. The lowest BCUT2D eigenvalue weighted by Gasteiger charge is -1.95. The number of thiocarbonyl (C=S) groups is 1. The fourth-order valence-corrected chi connectivity index (χ4v) is 2.80. The van der Waals surface area contributed by atoms with E-state index in [0.29, 0.717) is 21.3 Å². The lowest BCUT2D eigenvalue weighted by molar-refractivity contribution is -0.384. The molecule has 0 bridgehead atoms. The van der Waals surface area contributed by atoms with Crippen molar-refractivity contribution in [2.45, 2.75) is 6.92 Å². The highest BCUT2D eigenvalue weighted by Gasteiger charge is 2.13. The Morgan fingerprint density at radius 1 is 1.43 bits per heavy atom. The maximum Gasteiger partial charge on any atom is 0.269 e. The minimum Gasteiger partial charge on any atom is -0.376 e. The van der Waals surface area contributed by atoms with E-state index in [2.05, 4.69) is 10.3 Å². The topological polar surface area (TPSA) is 111 Å². The first-order valence-electron chi connectivity index (χ1n) is 6.37. The standard InChI is InChI=1S/C14H12N4O3S2/c1-8-12(23-14(16-8)17-13(15)22)11(19)7-4-9-2-5-10(6-3-9)18(20)21/h2-7H,1H3,(H3,15,16,17,22)/b7-4+. The van der Waals surface area contributed by atoms with Crippen LogP contribution in [-0.2, 0) is 0 Å². The van der Waals surface area contributed by atoms with Crippen LogP contribution in [0.25, 0.3) is 6.08 Å². The van der Waals surface area contributed by atoms with Gasteiger partial charge in [0.15, 0.2) is 16.0 Å². The molecule has 0 saturated carbocycles. The van der Waals surface area contributed by atoms with Crippen molar-refractivity contribution in [1.29, 1.82) is 0 Å². The smallest absolute Gasteiger partial charge is 0.269 e. The second-order valence-electron chi connectivity index (χ2n) is 4.47. The van der Waals surface area contributed by atoms with Gasteiger partial charge in [0.1, 0.15) is 0 Å². The molecular weight excluding hydrogens is 336 g/mol. The molecule has 0 amide bonds. The fraction of sp³-hybridized carbons (Fsp3) is 0.0714. The number of aromatic nitrogens is 1. The Bertz CT molecular complexity index is 797. The molecule has 0 aliphatic rings. The van der Waals surface area contributed by atoms with Crippen LogP contribution < -0.4 is 11.1 Å². The van der Waals surface area contributed by atoms with E-state index in [0.717, 1.165) is 11.3 Å². The van der Waals surface area contributed by atoms with Gasteiger partial charge >= 0.3 is 0 Å². The summed E-state index contributed by atoms with van der Waals surface area (Å²) in [4.78, 5) is 26.9. The molecule has 23 heavy (non-hydrogen) atoms. The maximum atomic E-state index is 12.2. The van der Waals surface area contributed by atoms with Gasteiger partial charge in [-0.1, -0.05) is 17.4 Å². The van der Waals surface area contributed by atoms with Crippen LogP contribution >= 0.6 is 23.6 Å². The van der Waals surface area contributed by atoms with Crippen LogP contribution in [0.15, 0.2) is 30.3 Å².